The van der Waals surface area contributed by atoms with E-state index in [1.165, 1.54) is 11.4 Å². The lowest BCUT2D eigenvalue weighted by Crippen LogP contribution is -2.51. The summed E-state index contributed by atoms with van der Waals surface area (Å²) in [4.78, 5) is 4.56. The maximum Gasteiger partial charge on any atom is 0.0917 e. The van der Waals surface area contributed by atoms with Crippen LogP contribution in [0, 0.1) is 0 Å². The second-order valence-electron chi connectivity index (χ2n) is 6.36. The summed E-state index contributed by atoms with van der Waals surface area (Å²) in [6.45, 7) is 9.30. The fraction of sp³-hybridized carbons (Fsp3) is 0.625. The summed E-state index contributed by atoms with van der Waals surface area (Å²) < 4.78 is 0. The van der Waals surface area contributed by atoms with Gasteiger partial charge >= 0.3 is 0 Å². The number of para-hydroxylation sites is 2. The first-order chi connectivity index (χ1) is 9.39. The third-order valence-corrected chi connectivity index (χ3v) is 3.76. The predicted octanol–water partition coefficient (Wildman–Crippen LogP) is 1.69. The molecule has 1 aromatic rings. The number of nitrogens with one attached hydrogen (secondary N) is 1. The number of benzene rings is 1. The Morgan fingerprint density at radius 1 is 1.25 bits per heavy atom. The quantitative estimate of drug-likeness (QED) is 0.859. The van der Waals surface area contributed by atoms with Gasteiger partial charge in [0.2, 0.25) is 0 Å². The van der Waals surface area contributed by atoms with Gasteiger partial charge in [-0.15, -0.1) is 0 Å². The fourth-order valence-electron chi connectivity index (χ4n) is 2.62. The number of β-amino-alcohol motifs (C(OH)–C–C–N with tert-alkyl or cyclic N) is 1. The summed E-state index contributed by atoms with van der Waals surface area (Å²) >= 11 is 0. The lowest BCUT2D eigenvalue weighted by molar-refractivity contribution is 0.0644. The maximum absolute atomic E-state index is 10.6. The van der Waals surface area contributed by atoms with Crippen molar-refractivity contribution in [1.29, 1.82) is 0 Å². The first kappa shape index (κ1) is 15.1. The van der Waals surface area contributed by atoms with E-state index in [9.17, 15) is 5.11 Å². The van der Waals surface area contributed by atoms with Crippen molar-refractivity contribution in [1.82, 2.24) is 5.32 Å². The Labute approximate surface area is 122 Å². The van der Waals surface area contributed by atoms with Crippen LogP contribution in [0.15, 0.2) is 24.3 Å². The lowest BCUT2D eigenvalue weighted by atomic mass is 10.0. The highest BCUT2D eigenvalue weighted by atomic mass is 16.3. The molecule has 0 bridgehead atoms. The smallest absolute Gasteiger partial charge is 0.0917 e. The summed E-state index contributed by atoms with van der Waals surface area (Å²) in [6, 6.07) is 8.80. The third-order valence-electron chi connectivity index (χ3n) is 3.76. The zero-order chi connectivity index (χ0) is 14.8. The van der Waals surface area contributed by atoms with Gasteiger partial charge in [-0.3, -0.25) is 0 Å². The minimum absolute atomic E-state index is 0.390. The number of likely N-dealkylation sites (N-methyl/N-ethyl adjacent to an activating group) is 1. The van der Waals surface area contributed by atoms with Crippen molar-refractivity contribution in [3.8, 4) is 0 Å². The van der Waals surface area contributed by atoms with Crippen molar-refractivity contribution in [2.45, 2.75) is 32.4 Å². The van der Waals surface area contributed by atoms with Gasteiger partial charge < -0.3 is 20.2 Å². The van der Waals surface area contributed by atoms with Gasteiger partial charge in [0.15, 0.2) is 0 Å². The topological polar surface area (TPSA) is 38.7 Å². The summed E-state index contributed by atoms with van der Waals surface area (Å²) in [5.41, 5.74) is 1.73. The maximum atomic E-state index is 10.6. The van der Waals surface area contributed by atoms with Crippen LogP contribution >= 0.6 is 0 Å². The van der Waals surface area contributed by atoms with Gasteiger partial charge in [-0.05, 0) is 19.1 Å². The SMILES string of the molecule is CC(C)NCC(C)(O)CN1CCN(C)c2ccccc21. The van der Waals surface area contributed by atoms with E-state index in [1.807, 2.05) is 6.92 Å². The van der Waals surface area contributed by atoms with Gasteiger partial charge in [0.1, 0.15) is 0 Å². The zero-order valence-corrected chi connectivity index (χ0v) is 13.1. The molecular weight excluding hydrogens is 250 g/mol. The van der Waals surface area contributed by atoms with Crippen molar-refractivity contribution in [2.24, 2.45) is 0 Å². The molecule has 1 unspecified atom stereocenters. The minimum Gasteiger partial charge on any atom is -0.387 e. The van der Waals surface area contributed by atoms with Crippen LogP contribution in [0.25, 0.3) is 0 Å². The van der Waals surface area contributed by atoms with Gasteiger partial charge in [-0.25, -0.2) is 0 Å². The molecule has 112 valence electrons. The van der Waals surface area contributed by atoms with E-state index in [-0.39, 0.29) is 0 Å². The van der Waals surface area contributed by atoms with Crippen LogP contribution in [0.4, 0.5) is 11.4 Å². The van der Waals surface area contributed by atoms with E-state index in [1.54, 1.807) is 0 Å². The van der Waals surface area contributed by atoms with Crippen LogP contribution in [-0.2, 0) is 0 Å². The Morgan fingerprint density at radius 3 is 2.55 bits per heavy atom. The molecule has 0 saturated carbocycles. The van der Waals surface area contributed by atoms with Gasteiger partial charge in [-0.2, -0.15) is 0 Å². The normalized spacial score (nSPS) is 18.1. The summed E-state index contributed by atoms with van der Waals surface area (Å²) in [7, 11) is 2.12. The number of fused-ring (bicyclic) bond motifs is 1. The van der Waals surface area contributed by atoms with Crippen molar-refractivity contribution >= 4 is 11.4 Å². The molecule has 0 fully saturated rings. The minimum atomic E-state index is -0.729. The highest BCUT2D eigenvalue weighted by Crippen LogP contribution is 2.32. The van der Waals surface area contributed by atoms with Gasteiger partial charge in [0.05, 0.1) is 17.0 Å². The number of rotatable bonds is 5. The number of anilines is 2. The molecule has 1 aliphatic heterocycles. The fourth-order valence-corrected chi connectivity index (χ4v) is 2.62. The molecule has 2 rings (SSSR count). The second kappa shape index (κ2) is 6.02. The molecule has 1 heterocycles. The number of nitrogens with zero attached hydrogens (tertiary/aromatic N) is 2. The lowest BCUT2D eigenvalue weighted by Gasteiger charge is -2.40. The number of aliphatic hydroxyl groups is 1. The molecule has 0 aliphatic carbocycles. The van der Waals surface area contributed by atoms with Crippen molar-refractivity contribution in [3.63, 3.8) is 0 Å². The van der Waals surface area contributed by atoms with Gasteiger partial charge in [-0.1, -0.05) is 26.0 Å². The molecule has 0 radical (unpaired) electrons. The summed E-state index contributed by atoms with van der Waals surface area (Å²) in [6.07, 6.45) is 0. The van der Waals surface area contributed by atoms with E-state index >= 15 is 0 Å². The zero-order valence-electron chi connectivity index (χ0n) is 13.1. The van der Waals surface area contributed by atoms with Crippen molar-refractivity contribution in [3.05, 3.63) is 24.3 Å². The van der Waals surface area contributed by atoms with Gasteiger partial charge in [0.25, 0.3) is 0 Å². The van der Waals surface area contributed by atoms with Gasteiger partial charge in [0, 0.05) is 39.3 Å². The molecule has 1 aliphatic rings. The number of hydrogen-bond donors (Lipinski definition) is 2. The molecular formula is C16H27N3O. The standard InChI is InChI=1S/C16H27N3O/c1-13(2)17-11-16(3,20)12-19-10-9-18(4)14-7-5-6-8-15(14)19/h5-8,13,17,20H,9-12H2,1-4H3. The average Bonchev–Trinajstić information content (AvgIpc) is 2.40. The van der Waals surface area contributed by atoms with Crippen LogP contribution in [0.5, 0.6) is 0 Å². The summed E-state index contributed by atoms with van der Waals surface area (Å²) in [5.74, 6) is 0. The van der Waals surface area contributed by atoms with E-state index in [2.05, 4.69) is 60.3 Å². The van der Waals surface area contributed by atoms with E-state index < -0.39 is 5.60 Å². The first-order valence-electron chi connectivity index (χ1n) is 7.40. The van der Waals surface area contributed by atoms with Crippen LogP contribution < -0.4 is 15.1 Å². The molecule has 20 heavy (non-hydrogen) atoms. The van der Waals surface area contributed by atoms with Crippen LogP contribution in [-0.4, -0.2) is 50.0 Å². The largest absolute Gasteiger partial charge is 0.387 e. The molecule has 0 saturated heterocycles. The third kappa shape index (κ3) is 3.64. The molecule has 0 amide bonds. The van der Waals surface area contributed by atoms with Crippen LogP contribution in [0.3, 0.4) is 0 Å². The predicted molar refractivity (Wildman–Crippen MR) is 85.7 cm³/mol. The first-order valence-corrected chi connectivity index (χ1v) is 7.40. The molecule has 4 nitrogen and oxygen atoms in total. The Morgan fingerprint density at radius 2 is 1.90 bits per heavy atom. The molecule has 2 N–H and O–H groups in total. The Kier molecular flexibility index (Phi) is 4.55. The molecule has 4 heteroatoms. The molecule has 1 aromatic carbocycles. The van der Waals surface area contributed by atoms with E-state index in [0.29, 0.717) is 19.1 Å². The van der Waals surface area contributed by atoms with E-state index in [4.69, 9.17) is 0 Å². The average molecular weight is 277 g/mol. The van der Waals surface area contributed by atoms with Crippen molar-refractivity contribution < 1.29 is 5.11 Å². The molecule has 0 aromatic heterocycles. The monoisotopic (exact) mass is 277 g/mol. The highest BCUT2D eigenvalue weighted by Gasteiger charge is 2.28. The Balaban J connectivity index is 2.09. The Hall–Kier alpha value is -1.26. The number of hydrogen-bond acceptors (Lipinski definition) is 4. The summed E-state index contributed by atoms with van der Waals surface area (Å²) in [5, 5.41) is 13.9. The Bertz CT molecular complexity index is 445. The van der Waals surface area contributed by atoms with Crippen LogP contribution in [0.2, 0.25) is 0 Å². The highest BCUT2D eigenvalue weighted by molar-refractivity contribution is 5.73. The molecule has 1 atom stereocenters. The molecule has 0 spiro atoms. The second-order valence-corrected chi connectivity index (χ2v) is 6.36. The van der Waals surface area contributed by atoms with Crippen LogP contribution in [0.1, 0.15) is 20.8 Å². The van der Waals surface area contributed by atoms with Crippen molar-refractivity contribution in [2.75, 3.05) is 43.0 Å². The van der Waals surface area contributed by atoms with E-state index in [0.717, 1.165) is 13.1 Å².